The molecule has 1 aliphatic rings. The molecule has 2 rings (SSSR count). The molecule has 0 bridgehead atoms. The first-order chi connectivity index (χ1) is 9.78. The summed E-state index contributed by atoms with van der Waals surface area (Å²) in [5.74, 6) is 0. The second-order valence-electron chi connectivity index (χ2n) is 6.25. The standard InChI is InChI=1S/C15H23NO4S/c1-10-7-11(9-21-10)13(17)12-8-19-6-5-16(12)14(18)20-15(2,3)4/h7,9,12-13,17H,5-6,8H2,1-4H3. The molecule has 5 nitrogen and oxygen atoms in total. The second-order valence-corrected chi connectivity index (χ2v) is 7.37. The molecule has 118 valence electrons. The summed E-state index contributed by atoms with van der Waals surface area (Å²) in [5, 5.41) is 12.5. The zero-order chi connectivity index (χ0) is 15.6. The molecular formula is C15H23NO4S. The highest BCUT2D eigenvalue weighted by atomic mass is 32.1. The minimum Gasteiger partial charge on any atom is -0.444 e. The van der Waals surface area contributed by atoms with Crippen LogP contribution in [0, 0.1) is 6.92 Å². The Morgan fingerprint density at radius 1 is 1.57 bits per heavy atom. The lowest BCUT2D eigenvalue weighted by Gasteiger charge is -2.38. The van der Waals surface area contributed by atoms with Crippen LogP contribution in [-0.4, -0.2) is 47.5 Å². The number of aliphatic hydroxyl groups is 1. The molecule has 0 aromatic carbocycles. The van der Waals surface area contributed by atoms with Gasteiger partial charge in [0, 0.05) is 11.4 Å². The van der Waals surface area contributed by atoms with E-state index in [1.54, 1.807) is 16.2 Å². The monoisotopic (exact) mass is 313 g/mol. The summed E-state index contributed by atoms with van der Waals surface area (Å²) in [6, 6.07) is 1.53. The predicted molar refractivity (Wildman–Crippen MR) is 81.6 cm³/mol. The highest BCUT2D eigenvalue weighted by molar-refractivity contribution is 7.10. The average molecular weight is 313 g/mol. The van der Waals surface area contributed by atoms with Crippen molar-refractivity contribution in [2.45, 2.75) is 45.4 Å². The fourth-order valence-electron chi connectivity index (χ4n) is 2.27. The number of hydrogen-bond acceptors (Lipinski definition) is 5. The van der Waals surface area contributed by atoms with E-state index in [1.165, 1.54) is 0 Å². The van der Waals surface area contributed by atoms with Gasteiger partial charge in [-0.3, -0.25) is 4.90 Å². The van der Waals surface area contributed by atoms with E-state index in [2.05, 4.69) is 0 Å². The van der Waals surface area contributed by atoms with Gasteiger partial charge in [-0.25, -0.2) is 4.79 Å². The summed E-state index contributed by atoms with van der Waals surface area (Å²) in [6.45, 7) is 8.70. The first-order valence-electron chi connectivity index (χ1n) is 7.08. The van der Waals surface area contributed by atoms with Gasteiger partial charge in [0.25, 0.3) is 0 Å². The van der Waals surface area contributed by atoms with Crippen molar-refractivity contribution in [1.82, 2.24) is 4.90 Å². The Kier molecular flexibility index (Phi) is 4.91. The van der Waals surface area contributed by atoms with Gasteiger partial charge in [-0.2, -0.15) is 0 Å². The molecule has 0 saturated carbocycles. The molecule has 6 heteroatoms. The van der Waals surface area contributed by atoms with E-state index in [4.69, 9.17) is 9.47 Å². The summed E-state index contributed by atoms with van der Waals surface area (Å²) < 4.78 is 10.9. The summed E-state index contributed by atoms with van der Waals surface area (Å²) in [5.41, 5.74) is 0.269. The van der Waals surface area contributed by atoms with Crippen LogP contribution in [0.4, 0.5) is 4.79 Å². The number of aliphatic hydroxyl groups excluding tert-OH is 1. The Morgan fingerprint density at radius 3 is 2.86 bits per heavy atom. The number of morpholine rings is 1. The van der Waals surface area contributed by atoms with E-state index in [9.17, 15) is 9.90 Å². The minimum absolute atomic E-state index is 0.315. The highest BCUT2D eigenvalue weighted by Gasteiger charge is 2.36. The molecule has 1 amide bonds. The molecule has 1 saturated heterocycles. The highest BCUT2D eigenvalue weighted by Crippen LogP contribution is 2.28. The minimum atomic E-state index is -0.761. The lowest BCUT2D eigenvalue weighted by molar-refractivity contribution is -0.0672. The number of amides is 1. The maximum Gasteiger partial charge on any atom is 0.410 e. The van der Waals surface area contributed by atoms with Gasteiger partial charge >= 0.3 is 6.09 Å². The molecule has 1 fully saturated rings. The van der Waals surface area contributed by atoms with Gasteiger partial charge in [0.2, 0.25) is 0 Å². The molecule has 1 N–H and O–H groups in total. The number of rotatable bonds is 2. The van der Waals surface area contributed by atoms with Crippen LogP contribution in [-0.2, 0) is 9.47 Å². The molecule has 1 aliphatic heterocycles. The molecule has 2 heterocycles. The quantitative estimate of drug-likeness (QED) is 0.912. The Hall–Kier alpha value is -1.11. The van der Waals surface area contributed by atoms with Gasteiger partial charge in [0.15, 0.2) is 0 Å². The maximum atomic E-state index is 12.3. The van der Waals surface area contributed by atoms with Crippen molar-refractivity contribution < 1.29 is 19.4 Å². The van der Waals surface area contributed by atoms with Crippen LogP contribution in [0.25, 0.3) is 0 Å². The summed E-state index contributed by atoms with van der Waals surface area (Å²) >= 11 is 1.58. The summed E-state index contributed by atoms with van der Waals surface area (Å²) in [7, 11) is 0. The van der Waals surface area contributed by atoms with Crippen LogP contribution in [0.15, 0.2) is 11.4 Å². The van der Waals surface area contributed by atoms with Crippen LogP contribution >= 0.6 is 11.3 Å². The van der Waals surface area contributed by atoms with Crippen molar-refractivity contribution in [3.8, 4) is 0 Å². The number of carbonyl (C=O) groups is 1. The Balaban J connectivity index is 2.13. The fourth-order valence-corrected chi connectivity index (χ4v) is 3.01. The molecule has 0 radical (unpaired) electrons. The third kappa shape index (κ3) is 4.18. The molecule has 2 unspecified atom stereocenters. The van der Waals surface area contributed by atoms with Crippen LogP contribution in [0.3, 0.4) is 0 Å². The van der Waals surface area contributed by atoms with E-state index in [0.29, 0.717) is 19.8 Å². The van der Waals surface area contributed by atoms with E-state index >= 15 is 0 Å². The largest absolute Gasteiger partial charge is 0.444 e. The Bertz CT molecular complexity index is 494. The van der Waals surface area contributed by atoms with E-state index in [0.717, 1.165) is 10.4 Å². The van der Waals surface area contributed by atoms with Crippen LogP contribution in [0.1, 0.15) is 37.3 Å². The van der Waals surface area contributed by atoms with E-state index in [-0.39, 0.29) is 0 Å². The Labute approximate surface area is 129 Å². The number of hydrogen-bond donors (Lipinski definition) is 1. The molecule has 21 heavy (non-hydrogen) atoms. The number of ether oxygens (including phenoxy) is 2. The lowest BCUT2D eigenvalue weighted by atomic mass is 10.0. The zero-order valence-electron chi connectivity index (χ0n) is 13.0. The van der Waals surface area contributed by atoms with E-state index in [1.807, 2.05) is 39.1 Å². The molecule has 1 aromatic rings. The molecule has 0 aliphatic carbocycles. The van der Waals surface area contributed by atoms with E-state index < -0.39 is 23.8 Å². The fraction of sp³-hybridized carbons (Fsp3) is 0.667. The molecule has 2 atom stereocenters. The molecule has 1 aromatic heterocycles. The van der Waals surface area contributed by atoms with Crippen molar-refractivity contribution in [3.63, 3.8) is 0 Å². The number of thiophene rings is 1. The van der Waals surface area contributed by atoms with Crippen molar-refractivity contribution in [2.75, 3.05) is 19.8 Å². The number of nitrogens with zero attached hydrogens (tertiary/aromatic N) is 1. The Morgan fingerprint density at radius 2 is 2.29 bits per heavy atom. The predicted octanol–water partition coefficient (Wildman–Crippen LogP) is 2.73. The normalized spacial score (nSPS) is 21.2. The smallest absolute Gasteiger partial charge is 0.410 e. The van der Waals surface area contributed by atoms with Crippen molar-refractivity contribution >= 4 is 17.4 Å². The number of aryl methyl sites for hydroxylation is 1. The van der Waals surface area contributed by atoms with Gasteiger partial charge in [0.05, 0.1) is 19.3 Å². The maximum absolute atomic E-state index is 12.3. The second kappa shape index (κ2) is 6.34. The van der Waals surface area contributed by atoms with Crippen LogP contribution < -0.4 is 0 Å². The third-order valence-electron chi connectivity index (χ3n) is 3.25. The summed E-state index contributed by atoms with van der Waals surface area (Å²) in [4.78, 5) is 15.0. The average Bonchev–Trinajstić information content (AvgIpc) is 2.82. The zero-order valence-corrected chi connectivity index (χ0v) is 13.8. The van der Waals surface area contributed by atoms with Crippen LogP contribution in [0.2, 0.25) is 0 Å². The van der Waals surface area contributed by atoms with Crippen molar-refractivity contribution in [2.24, 2.45) is 0 Å². The SMILES string of the molecule is Cc1cc(C(O)C2COCCN2C(=O)OC(C)(C)C)cs1. The van der Waals surface area contributed by atoms with Gasteiger partial charge < -0.3 is 14.6 Å². The molecule has 0 spiro atoms. The third-order valence-corrected chi connectivity index (χ3v) is 4.13. The van der Waals surface area contributed by atoms with Gasteiger partial charge in [-0.1, -0.05) is 0 Å². The molecular weight excluding hydrogens is 290 g/mol. The van der Waals surface area contributed by atoms with Gasteiger partial charge in [-0.05, 0) is 44.7 Å². The first-order valence-corrected chi connectivity index (χ1v) is 7.96. The van der Waals surface area contributed by atoms with Crippen LogP contribution in [0.5, 0.6) is 0 Å². The van der Waals surface area contributed by atoms with Crippen molar-refractivity contribution in [1.29, 1.82) is 0 Å². The van der Waals surface area contributed by atoms with Crippen molar-refractivity contribution in [3.05, 3.63) is 21.9 Å². The number of carbonyl (C=O) groups excluding carboxylic acids is 1. The topological polar surface area (TPSA) is 59.0 Å². The lowest BCUT2D eigenvalue weighted by Crippen LogP contribution is -2.52. The summed E-state index contributed by atoms with van der Waals surface area (Å²) in [6.07, 6.45) is -1.16. The first kappa shape index (κ1) is 16.3. The van der Waals surface area contributed by atoms with Gasteiger partial charge in [0.1, 0.15) is 11.7 Å². The van der Waals surface area contributed by atoms with Gasteiger partial charge in [-0.15, -0.1) is 11.3 Å².